The van der Waals surface area contributed by atoms with Crippen molar-refractivity contribution in [2.45, 2.75) is 25.7 Å². The van der Waals surface area contributed by atoms with Crippen molar-refractivity contribution in [2.24, 2.45) is 23.5 Å². The molecule has 2 bridgehead atoms. The lowest BCUT2D eigenvalue weighted by Gasteiger charge is -2.29. The maximum Gasteiger partial charge on any atom is 0.225 e. The highest BCUT2D eigenvalue weighted by atomic mass is 32.2. The number of nitrogens with two attached hydrogens (primary N) is 1. The largest absolute Gasteiger partial charge is 0.368 e. The van der Waals surface area contributed by atoms with Crippen LogP contribution in [0.15, 0.2) is 83.4 Å². The highest BCUT2D eigenvalue weighted by molar-refractivity contribution is 8.01. The maximum atomic E-state index is 5.69. The summed E-state index contributed by atoms with van der Waals surface area (Å²) < 4.78 is 3.67. The molecule has 0 spiro atoms. The van der Waals surface area contributed by atoms with Crippen LogP contribution in [-0.4, -0.2) is 36.1 Å². The van der Waals surface area contributed by atoms with Crippen LogP contribution in [0, 0.1) is 17.8 Å². The molecule has 1 aromatic carbocycles. The minimum atomic E-state index is 0.354. The van der Waals surface area contributed by atoms with Gasteiger partial charge in [0.1, 0.15) is 5.82 Å². The Kier molecular flexibility index (Phi) is 8.54. The molecule has 36 heavy (non-hydrogen) atoms. The van der Waals surface area contributed by atoms with Crippen LogP contribution in [0.4, 0.5) is 11.8 Å². The fourth-order valence-electron chi connectivity index (χ4n) is 5.02. The number of nitrogens with zero attached hydrogens (tertiary/aromatic N) is 2. The number of rotatable bonds is 10. The van der Waals surface area contributed by atoms with E-state index in [1.165, 1.54) is 36.2 Å². The molecule has 1 fully saturated rings. The molecule has 0 amide bonds. The summed E-state index contributed by atoms with van der Waals surface area (Å²) in [5.74, 6) is 3.29. The zero-order valence-corrected chi connectivity index (χ0v) is 21.5. The number of hydrogen-bond donors (Lipinski definition) is 4. The van der Waals surface area contributed by atoms with E-state index in [0.717, 1.165) is 35.7 Å². The van der Waals surface area contributed by atoms with Gasteiger partial charge in [-0.1, -0.05) is 60.7 Å². The number of anilines is 2. The summed E-state index contributed by atoms with van der Waals surface area (Å²) in [6, 6.07) is 8.11. The monoisotopic (exact) mass is 500 g/mol. The van der Waals surface area contributed by atoms with E-state index >= 15 is 0 Å². The van der Waals surface area contributed by atoms with Crippen LogP contribution in [-0.2, 0) is 0 Å². The van der Waals surface area contributed by atoms with Gasteiger partial charge in [0.15, 0.2) is 0 Å². The van der Waals surface area contributed by atoms with Gasteiger partial charge < -0.3 is 16.4 Å². The predicted octanol–water partition coefficient (Wildman–Crippen LogP) is 5.58. The molecule has 3 aliphatic carbocycles. The summed E-state index contributed by atoms with van der Waals surface area (Å²) in [7, 11) is 0. The fraction of sp³-hybridized carbons (Fsp3) is 0.379. The van der Waals surface area contributed by atoms with E-state index in [9.17, 15) is 0 Å². The first-order chi connectivity index (χ1) is 17.8. The van der Waals surface area contributed by atoms with Crippen molar-refractivity contribution in [1.82, 2.24) is 14.7 Å². The summed E-state index contributed by atoms with van der Waals surface area (Å²) in [6.45, 7) is 3.23. The Morgan fingerprint density at radius 1 is 0.917 bits per heavy atom. The molecular formula is C29H36N6S. The van der Waals surface area contributed by atoms with Crippen LogP contribution in [0.1, 0.15) is 25.7 Å². The molecule has 1 heterocycles. The number of fused-ring (bicyclic) bond motifs is 2. The first kappa shape index (κ1) is 24.8. The predicted molar refractivity (Wildman–Crippen MR) is 154 cm³/mol. The summed E-state index contributed by atoms with van der Waals surface area (Å²) in [5.41, 5.74) is 7.91. The van der Waals surface area contributed by atoms with E-state index < -0.39 is 0 Å². The summed E-state index contributed by atoms with van der Waals surface area (Å²) in [5, 5.41) is 7.88. The van der Waals surface area contributed by atoms with Crippen molar-refractivity contribution in [3.8, 4) is 0 Å². The number of benzene rings is 1. The topological polar surface area (TPSA) is 87.9 Å². The van der Waals surface area contributed by atoms with Gasteiger partial charge in [0, 0.05) is 42.4 Å². The Hall–Kier alpha value is -2.87. The van der Waals surface area contributed by atoms with E-state index in [1.807, 2.05) is 24.3 Å². The lowest BCUT2D eigenvalue weighted by Crippen LogP contribution is -2.26. The highest BCUT2D eigenvalue weighted by Crippen LogP contribution is 2.32. The molecule has 3 aliphatic rings. The van der Waals surface area contributed by atoms with Gasteiger partial charge in [-0.15, -0.1) is 0 Å². The molecule has 0 radical (unpaired) electrons. The highest BCUT2D eigenvalue weighted by Gasteiger charge is 2.22. The SMILES string of the molecule is NCCNc1nc(NCC2CCC(CNSC3=CC=CC4=CC3C=CC=C4)CC2)nc2ccccc12. The second-order valence-corrected chi connectivity index (χ2v) is 10.7. The average molecular weight is 501 g/mol. The zero-order chi connectivity index (χ0) is 24.6. The van der Waals surface area contributed by atoms with Gasteiger partial charge in [0.05, 0.1) is 5.52 Å². The van der Waals surface area contributed by atoms with Crippen molar-refractivity contribution in [3.05, 3.63) is 83.4 Å². The van der Waals surface area contributed by atoms with Crippen LogP contribution in [0.3, 0.4) is 0 Å². The summed E-state index contributed by atoms with van der Waals surface area (Å²) in [6.07, 6.45) is 22.6. The normalized spacial score (nSPS) is 23.1. The molecule has 0 saturated heterocycles. The number of nitrogens with one attached hydrogen (secondary N) is 3. The van der Waals surface area contributed by atoms with E-state index in [4.69, 9.17) is 15.7 Å². The number of allylic oxidation sites excluding steroid dienone is 10. The zero-order valence-electron chi connectivity index (χ0n) is 20.7. The van der Waals surface area contributed by atoms with Gasteiger partial charge in [0.25, 0.3) is 0 Å². The Morgan fingerprint density at radius 2 is 1.72 bits per heavy atom. The van der Waals surface area contributed by atoms with Crippen LogP contribution in [0.5, 0.6) is 0 Å². The van der Waals surface area contributed by atoms with E-state index in [2.05, 4.69) is 64.0 Å². The third-order valence-corrected chi connectivity index (χ3v) is 8.04. The van der Waals surface area contributed by atoms with E-state index in [0.29, 0.717) is 30.9 Å². The Bertz CT molecular complexity index is 1190. The minimum Gasteiger partial charge on any atom is -0.368 e. The molecule has 6 nitrogen and oxygen atoms in total. The molecule has 1 saturated carbocycles. The quantitative estimate of drug-likeness (QED) is 0.317. The molecule has 0 aliphatic heterocycles. The van der Waals surface area contributed by atoms with Gasteiger partial charge in [0.2, 0.25) is 5.95 Å². The van der Waals surface area contributed by atoms with E-state index in [-0.39, 0.29) is 0 Å². The maximum absolute atomic E-state index is 5.69. The molecular weight excluding hydrogens is 464 g/mol. The summed E-state index contributed by atoms with van der Waals surface area (Å²) in [4.78, 5) is 10.8. The number of para-hydroxylation sites is 1. The van der Waals surface area contributed by atoms with Gasteiger partial charge in [-0.25, -0.2) is 4.98 Å². The lowest BCUT2D eigenvalue weighted by atomic mass is 9.82. The molecule has 2 aromatic rings. The second kappa shape index (κ2) is 12.4. The van der Waals surface area contributed by atoms with Crippen LogP contribution >= 0.6 is 11.9 Å². The summed E-state index contributed by atoms with van der Waals surface area (Å²) >= 11 is 1.79. The fourth-order valence-corrected chi connectivity index (χ4v) is 5.94. The van der Waals surface area contributed by atoms with Gasteiger partial charge in [-0.05, 0) is 67.2 Å². The van der Waals surface area contributed by atoms with Crippen molar-refractivity contribution in [2.75, 3.05) is 36.8 Å². The number of aromatic nitrogens is 2. The molecule has 5 N–H and O–H groups in total. The van der Waals surface area contributed by atoms with Crippen molar-refractivity contribution < 1.29 is 0 Å². The Labute approximate surface area is 218 Å². The van der Waals surface area contributed by atoms with Gasteiger partial charge >= 0.3 is 0 Å². The third-order valence-electron chi connectivity index (χ3n) is 7.09. The molecule has 188 valence electrons. The van der Waals surface area contributed by atoms with Crippen LogP contribution in [0.25, 0.3) is 10.9 Å². The van der Waals surface area contributed by atoms with E-state index in [1.54, 1.807) is 11.9 Å². The van der Waals surface area contributed by atoms with Crippen LogP contribution in [0.2, 0.25) is 0 Å². The van der Waals surface area contributed by atoms with Gasteiger partial charge in [-0.2, -0.15) is 4.98 Å². The molecule has 1 aromatic heterocycles. The molecule has 1 unspecified atom stereocenters. The molecule has 5 rings (SSSR count). The lowest BCUT2D eigenvalue weighted by molar-refractivity contribution is 0.285. The Morgan fingerprint density at radius 3 is 2.58 bits per heavy atom. The molecule has 7 heteroatoms. The van der Waals surface area contributed by atoms with Gasteiger partial charge in [-0.3, -0.25) is 4.72 Å². The standard InChI is InChI=1S/C29H36N6S/c30-16-17-31-28-25-9-3-4-10-26(25)34-29(35-28)32-19-22-12-14-23(15-13-22)20-33-36-27-11-5-7-21-6-1-2-8-24(27)18-21/h1-11,18,22-24,33H,12-17,19-20,30H2,(H2,31,32,34,35). The Balaban J connectivity index is 1.07. The molecule has 1 atom stereocenters. The first-order valence-electron chi connectivity index (χ1n) is 13.1. The third kappa shape index (κ3) is 6.46. The average Bonchev–Trinajstić information content (AvgIpc) is 3.27. The van der Waals surface area contributed by atoms with Crippen molar-refractivity contribution in [1.29, 1.82) is 0 Å². The van der Waals surface area contributed by atoms with Crippen molar-refractivity contribution >= 4 is 34.6 Å². The first-order valence-corrected chi connectivity index (χ1v) is 13.9. The smallest absolute Gasteiger partial charge is 0.225 e. The number of hydrogen-bond acceptors (Lipinski definition) is 7. The second-order valence-electron chi connectivity index (χ2n) is 9.71. The van der Waals surface area contributed by atoms with Crippen molar-refractivity contribution in [3.63, 3.8) is 0 Å². The van der Waals surface area contributed by atoms with Crippen LogP contribution < -0.4 is 21.1 Å². The minimum absolute atomic E-state index is 0.354.